The maximum Gasteiger partial charge on any atom is 0.409 e. The van der Waals surface area contributed by atoms with Gasteiger partial charge in [-0.3, -0.25) is 14.5 Å². The Labute approximate surface area is 196 Å². The zero-order valence-corrected chi connectivity index (χ0v) is 20.2. The standard InChI is InChI=1S/C26H35N3O4/c1-5-33-26(32)28-14-10-21(11-15-28)29-24(30)22(20-7-6-18(3)19(4)16-20)23(25(29)31)27-12-8-17(2)9-13-27/h6-7,16-17,21H,5,8-15H2,1-4H3. The van der Waals surface area contributed by atoms with Gasteiger partial charge in [0.2, 0.25) is 0 Å². The number of piperidine rings is 2. The van der Waals surface area contributed by atoms with Crippen molar-refractivity contribution in [1.82, 2.24) is 14.7 Å². The Hall–Kier alpha value is -2.83. The lowest BCUT2D eigenvalue weighted by Crippen LogP contribution is -2.50. The predicted molar refractivity (Wildman–Crippen MR) is 126 cm³/mol. The number of likely N-dealkylation sites (tertiary alicyclic amines) is 2. The first kappa shape index (κ1) is 23.3. The summed E-state index contributed by atoms with van der Waals surface area (Å²) in [7, 11) is 0. The van der Waals surface area contributed by atoms with Crippen molar-refractivity contribution in [3.8, 4) is 0 Å². The lowest BCUT2D eigenvalue weighted by atomic mass is 9.96. The van der Waals surface area contributed by atoms with Crippen LogP contribution < -0.4 is 0 Å². The van der Waals surface area contributed by atoms with Crippen LogP contribution in [0.1, 0.15) is 56.2 Å². The van der Waals surface area contributed by atoms with E-state index in [0.29, 0.717) is 49.7 Å². The molecule has 7 nitrogen and oxygen atoms in total. The summed E-state index contributed by atoms with van der Waals surface area (Å²) in [5, 5.41) is 0. The molecule has 3 aliphatic rings. The molecule has 0 spiro atoms. The van der Waals surface area contributed by atoms with Crippen LogP contribution in [-0.2, 0) is 14.3 Å². The predicted octanol–water partition coefficient (Wildman–Crippen LogP) is 3.74. The molecule has 33 heavy (non-hydrogen) atoms. The van der Waals surface area contributed by atoms with E-state index in [-0.39, 0.29) is 23.9 Å². The Morgan fingerprint density at radius 1 is 0.970 bits per heavy atom. The highest BCUT2D eigenvalue weighted by Gasteiger charge is 2.46. The highest BCUT2D eigenvalue weighted by Crippen LogP contribution is 2.37. The molecule has 178 valence electrons. The van der Waals surface area contributed by atoms with Gasteiger partial charge in [-0.15, -0.1) is 0 Å². The van der Waals surface area contributed by atoms with Gasteiger partial charge in [0, 0.05) is 32.2 Å². The summed E-state index contributed by atoms with van der Waals surface area (Å²) in [6, 6.07) is 5.79. The number of carbonyl (C=O) groups is 3. The van der Waals surface area contributed by atoms with Crippen LogP contribution in [0.5, 0.6) is 0 Å². The van der Waals surface area contributed by atoms with Crippen LogP contribution in [0.2, 0.25) is 0 Å². The minimum absolute atomic E-state index is 0.183. The number of nitrogens with zero attached hydrogens (tertiary/aromatic N) is 3. The minimum atomic E-state index is -0.327. The van der Waals surface area contributed by atoms with Crippen molar-refractivity contribution in [3.63, 3.8) is 0 Å². The Bertz CT molecular complexity index is 970. The molecule has 0 aliphatic carbocycles. The summed E-state index contributed by atoms with van der Waals surface area (Å²) in [6.45, 7) is 11.0. The third-order valence-electron chi connectivity index (χ3n) is 7.34. The number of hydrogen-bond donors (Lipinski definition) is 0. The van der Waals surface area contributed by atoms with Gasteiger partial charge in [0.1, 0.15) is 5.70 Å². The fourth-order valence-corrected chi connectivity index (χ4v) is 5.07. The van der Waals surface area contributed by atoms with Crippen LogP contribution >= 0.6 is 0 Å². The molecule has 3 heterocycles. The van der Waals surface area contributed by atoms with Crippen molar-refractivity contribution in [2.45, 2.75) is 59.4 Å². The molecule has 3 aliphatic heterocycles. The number of aryl methyl sites for hydroxylation is 2. The molecule has 1 aromatic rings. The molecule has 0 aromatic heterocycles. The highest BCUT2D eigenvalue weighted by molar-refractivity contribution is 6.35. The van der Waals surface area contributed by atoms with Crippen LogP contribution in [0, 0.1) is 19.8 Å². The number of amides is 3. The van der Waals surface area contributed by atoms with Crippen LogP contribution in [0.15, 0.2) is 23.9 Å². The Morgan fingerprint density at radius 2 is 1.64 bits per heavy atom. The van der Waals surface area contributed by atoms with Gasteiger partial charge >= 0.3 is 6.09 Å². The van der Waals surface area contributed by atoms with Gasteiger partial charge in [0.15, 0.2) is 0 Å². The van der Waals surface area contributed by atoms with Crippen molar-refractivity contribution in [1.29, 1.82) is 0 Å². The van der Waals surface area contributed by atoms with E-state index < -0.39 is 0 Å². The minimum Gasteiger partial charge on any atom is -0.450 e. The first-order valence-corrected chi connectivity index (χ1v) is 12.2. The molecular weight excluding hydrogens is 418 g/mol. The Balaban J connectivity index is 1.62. The number of benzene rings is 1. The monoisotopic (exact) mass is 453 g/mol. The first-order chi connectivity index (χ1) is 15.8. The van der Waals surface area contributed by atoms with Crippen molar-refractivity contribution >= 4 is 23.5 Å². The maximum atomic E-state index is 13.8. The van der Waals surface area contributed by atoms with Crippen LogP contribution in [0.25, 0.3) is 5.57 Å². The van der Waals surface area contributed by atoms with E-state index in [0.717, 1.165) is 42.6 Å². The summed E-state index contributed by atoms with van der Waals surface area (Å²) < 4.78 is 5.11. The van der Waals surface area contributed by atoms with Gasteiger partial charge in [-0.2, -0.15) is 0 Å². The SMILES string of the molecule is CCOC(=O)N1CCC(N2C(=O)C(c3ccc(C)c(C)c3)=C(N3CCC(C)CC3)C2=O)CC1. The molecule has 1 aromatic carbocycles. The normalized spacial score (nSPS) is 20.8. The van der Waals surface area contributed by atoms with Crippen LogP contribution in [0.4, 0.5) is 4.79 Å². The zero-order valence-electron chi connectivity index (χ0n) is 20.2. The molecule has 0 radical (unpaired) electrons. The maximum absolute atomic E-state index is 13.8. The van der Waals surface area contributed by atoms with E-state index in [1.54, 1.807) is 11.8 Å². The third kappa shape index (κ3) is 4.50. The van der Waals surface area contributed by atoms with E-state index >= 15 is 0 Å². The summed E-state index contributed by atoms with van der Waals surface area (Å²) in [6.07, 6.45) is 2.85. The lowest BCUT2D eigenvalue weighted by molar-refractivity contribution is -0.141. The quantitative estimate of drug-likeness (QED) is 0.650. The molecular formula is C26H35N3O4. The topological polar surface area (TPSA) is 70.2 Å². The number of hydrogen-bond acceptors (Lipinski definition) is 5. The lowest BCUT2D eigenvalue weighted by Gasteiger charge is -2.36. The van der Waals surface area contributed by atoms with E-state index in [1.165, 1.54) is 4.90 Å². The number of ether oxygens (including phenoxy) is 1. The Morgan fingerprint density at radius 3 is 2.24 bits per heavy atom. The summed E-state index contributed by atoms with van der Waals surface area (Å²) >= 11 is 0. The fraction of sp³-hybridized carbons (Fsp3) is 0.577. The van der Waals surface area contributed by atoms with Crippen LogP contribution in [-0.4, -0.2) is 71.4 Å². The molecule has 4 rings (SSSR count). The molecule has 0 N–H and O–H groups in total. The third-order valence-corrected chi connectivity index (χ3v) is 7.34. The average molecular weight is 454 g/mol. The van der Waals surface area contributed by atoms with Crippen molar-refractivity contribution < 1.29 is 19.1 Å². The molecule has 2 saturated heterocycles. The molecule has 0 bridgehead atoms. The van der Waals surface area contributed by atoms with Gasteiger partial charge in [-0.25, -0.2) is 4.79 Å². The van der Waals surface area contributed by atoms with E-state index in [9.17, 15) is 14.4 Å². The second kappa shape index (κ2) is 9.57. The van der Waals surface area contributed by atoms with Crippen LogP contribution in [0.3, 0.4) is 0 Å². The molecule has 0 unspecified atom stereocenters. The van der Waals surface area contributed by atoms with E-state index in [1.807, 2.05) is 32.0 Å². The van der Waals surface area contributed by atoms with Gasteiger partial charge in [-0.05, 0) is 69.1 Å². The first-order valence-electron chi connectivity index (χ1n) is 12.2. The highest BCUT2D eigenvalue weighted by atomic mass is 16.6. The second-order valence-electron chi connectivity index (χ2n) is 9.59. The second-order valence-corrected chi connectivity index (χ2v) is 9.59. The largest absolute Gasteiger partial charge is 0.450 e. The van der Waals surface area contributed by atoms with E-state index in [4.69, 9.17) is 4.74 Å². The molecule has 3 amide bonds. The molecule has 0 saturated carbocycles. The van der Waals surface area contributed by atoms with Crippen molar-refractivity contribution in [3.05, 3.63) is 40.6 Å². The molecule has 7 heteroatoms. The van der Waals surface area contributed by atoms with Crippen molar-refractivity contribution in [2.24, 2.45) is 5.92 Å². The van der Waals surface area contributed by atoms with E-state index in [2.05, 4.69) is 11.8 Å². The van der Waals surface area contributed by atoms with Gasteiger partial charge in [0.05, 0.1) is 12.2 Å². The number of carbonyl (C=O) groups excluding carboxylic acids is 3. The summed E-state index contributed by atoms with van der Waals surface area (Å²) in [5.74, 6) is 0.242. The van der Waals surface area contributed by atoms with Crippen molar-refractivity contribution in [2.75, 3.05) is 32.8 Å². The Kier molecular flexibility index (Phi) is 6.77. The smallest absolute Gasteiger partial charge is 0.409 e. The molecule has 2 fully saturated rings. The number of rotatable bonds is 4. The average Bonchev–Trinajstić information content (AvgIpc) is 3.06. The summed E-state index contributed by atoms with van der Waals surface area (Å²) in [4.78, 5) is 44.8. The van der Waals surface area contributed by atoms with Gasteiger partial charge in [0.25, 0.3) is 11.8 Å². The number of imide groups is 1. The fourth-order valence-electron chi connectivity index (χ4n) is 5.07. The molecule has 0 atom stereocenters. The summed E-state index contributed by atoms with van der Waals surface area (Å²) in [5.41, 5.74) is 4.17. The van der Waals surface area contributed by atoms with Gasteiger partial charge in [-0.1, -0.05) is 25.1 Å². The zero-order chi connectivity index (χ0) is 23.7. The van der Waals surface area contributed by atoms with Gasteiger partial charge < -0.3 is 14.5 Å².